The van der Waals surface area contributed by atoms with Gasteiger partial charge < -0.3 is 5.11 Å². The SMILES string of the molecule is CCCCCCC(CCCCCC)N1C(=O)c2ccc3c4ccc5c6c(ccc(c7ccc(c2c37)C1=O)c64)C(=O)N(CC(CO)(CCCC)CCCC)C5=O. The van der Waals surface area contributed by atoms with Gasteiger partial charge in [0.25, 0.3) is 23.6 Å². The molecule has 290 valence electrons. The van der Waals surface area contributed by atoms with Crippen molar-refractivity contribution in [3.05, 3.63) is 70.8 Å². The quantitative estimate of drug-likeness (QED) is 0.0371. The Labute approximate surface area is 325 Å². The lowest BCUT2D eigenvalue weighted by Gasteiger charge is -2.38. The lowest BCUT2D eigenvalue weighted by molar-refractivity contribution is 0.0355. The van der Waals surface area contributed by atoms with Gasteiger partial charge in [0.2, 0.25) is 0 Å². The molecule has 7 nitrogen and oxygen atoms in total. The summed E-state index contributed by atoms with van der Waals surface area (Å²) in [5.41, 5.74) is 1.58. The zero-order valence-corrected chi connectivity index (χ0v) is 33.4. The third-order valence-electron chi connectivity index (χ3n) is 12.8. The molecule has 0 aliphatic carbocycles. The minimum absolute atomic E-state index is 0.0731. The van der Waals surface area contributed by atoms with Gasteiger partial charge in [-0.1, -0.05) is 129 Å². The highest BCUT2D eigenvalue weighted by Crippen LogP contribution is 2.47. The highest BCUT2D eigenvalue weighted by Gasteiger charge is 2.41. The van der Waals surface area contributed by atoms with E-state index in [0.29, 0.717) is 33.0 Å². The minimum atomic E-state index is -0.539. The molecular formula is C48H58N2O5. The number of benzene rings is 5. The molecule has 4 amide bonds. The second-order valence-corrected chi connectivity index (χ2v) is 16.5. The average molecular weight is 743 g/mol. The van der Waals surface area contributed by atoms with Gasteiger partial charge in [-0.3, -0.25) is 29.0 Å². The van der Waals surface area contributed by atoms with E-state index in [-0.39, 0.29) is 42.8 Å². The second-order valence-electron chi connectivity index (χ2n) is 16.5. The molecule has 55 heavy (non-hydrogen) atoms. The summed E-state index contributed by atoms with van der Waals surface area (Å²) in [6.07, 6.45) is 15.7. The van der Waals surface area contributed by atoms with Crippen LogP contribution in [-0.2, 0) is 0 Å². The average Bonchev–Trinajstić information content (AvgIpc) is 3.20. The van der Waals surface area contributed by atoms with Crippen molar-refractivity contribution < 1.29 is 24.3 Å². The van der Waals surface area contributed by atoms with E-state index < -0.39 is 5.41 Å². The summed E-state index contributed by atoms with van der Waals surface area (Å²) in [6.45, 7) is 8.75. The monoisotopic (exact) mass is 742 g/mol. The van der Waals surface area contributed by atoms with Crippen molar-refractivity contribution in [1.29, 1.82) is 0 Å². The summed E-state index contributed by atoms with van der Waals surface area (Å²) in [5, 5.41) is 17.4. The van der Waals surface area contributed by atoms with Gasteiger partial charge in [0.05, 0.1) is 6.61 Å². The highest BCUT2D eigenvalue weighted by atomic mass is 16.3. The number of amides is 4. The van der Waals surface area contributed by atoms with Gasteiger partial charge >= 0.3 is 0 Å². The molecule has 0 unspecified atom stereocenters. The zero-order chi connectivity index (χ0) is 38.9. The maximum atomic E-state index is 14.5. The first-order chi connectivity index (χ1) is 26.7. The van der Waals surface area contributed by atoms with Gasteiger partial charge in [0.1, 0.15) is 0 Å². The largest absolute Gasteiger partial charge is 0.396 e. The molecule has 7 heteroatoms. The van der Waals surface area contributed by atoms with Gasteiger partial charge in [0.15, 0.2) is 0 Å². The standard InChI is InChI=1S/C48H58N2O5/c1-5-9-13-15-17-31(18-16-14-10-6-2)50-46(54)38-25-21-34-32-19-23-36-42-37(24-20-33(40(32)42)35-22-26-39(47(50)55)43(38)41(34)35)45(53)49(44(36)52)29-48(30-51,27-11-7-3)28-12-8-4/h19-26,31,51H,5-18,27-30H2,1-4H3. The van der Waals surface area contributed by atoms with Crippen molar-refractivity contribution in [1.82, 2.24) is 9.80 Å². The Kier molecular flexibility index (Phi) is 11.6. The maximum Gasteiger partial charge on any atom is 0.261 e. The van der Waals surface area contributed by atoms with E-state index in [2.05, 4.69) is 27.7 Å². The molecule has 0 aromatic heterocycles. The van der Waals surface area contributed by atoms with E-state index >= 15 is 0 Å². The first-order valence-electron chi connectivity index (χ1n) is 21.3. The fourth-order valence-corrected chi connectivity index (χ4v) is 9.76. The summed E-state index contributed by atoms with van der Waals surface area (Å²) in [5.74, 6) is -1.06. The van der Waals surface area contributed by atoms with Gasteiger partial charge in [-0.25, -0.2) is 0 Å². The molecule has 0 spiro atoms. The van der Waals surface area contributed by atoms with Gasteiger partial charge in [-0.2, -0.15) is 0 Å². The van der Waals surface area contributed by atoms with Crippen molar-refractivity contribution in [2.75, 3.05) is 13.2 Å². The Balaban J connectivity index is 1.32. The third kappa shape index (κ3) is 6.70. The van der Waals surface area contributed by atoms with Crippen LogP contribution in [0.5, 0.6) is 0 Å². The normalized spacial score (nSPS) is 14.7. The smallest absolute Gasteiger partial charge is 0.261 e. The number of aliphatic hydroxyl groups is 1. The summed E-state index contributed by atoms with van der Waals surface area (Å²) in [4.78, 5) is 60.6. The van der Waals surface area contributed by atoms with Crippen LogP contribution in [0.15, 0.2) is 48.5 Å². The third-order valence-corrected chi connectivity index (χ3v) is 12.8. The fourth-order valence-electron chi connectivity index (χ4n) is 9.76. The van der Waals surface area contributed by atoms with Crippen molar-refractivity contribution in [3.63, 3.8) is 0 Å². The van der Waals surface area contributed by atoms with E-state index in [9.17, 15) is 24.3 Å². The second kappa shape index (κ2) is 16.4. The molecular weight excluding hydrogens is 685 g/mol. The molecule has 2 aliphatic rings. The Hall–Kier alpha value is -4.36. The topological polar surface area (TPSA) is 95.0 Å². The number of carbonyl (C=O) groups excluding carboxylic acids is 4. The van der Waals surface area contributed by atoms with Crippen LogP contribution in [0.2, 0.25) is 0 Å². The number of carbonyl (C=O) groups is 4. The molecule has 0 radical (unpaired) electrons. The summed E-state index contributed by atoms with van der Waals surface area (Å²) < 4.78 is 0. The maximum absolute atomic E-state index is 14.5. The number of unbranched alkanes of at least 4 members (excludes halogenated alkanes) is 8. The zero-order valence-electron chi connectivity index (χ0n) is 33.4. The predicted octanol–water partition coefficient (Wildman–Crippen LogP) is 11.6. The molecule has 0 saturated carbocycles. The Morgan fingerprint density at radius 2 is 0.873 bits per heavy atom. The summed E-state index contributed by atoms with van der Waals surface area (Å²) in [6, 6.07) is 15.3. The summed E-state index contributed by atoms with van der Waals surface area (Å²) in [7, 11) is 0. The van der Waals surface area contributed by atoms with Crippen LogP contribution in [0.3, 0.4) is 0 Å². The van der Waals surface area contributed by atoms with Crippen LogP contribution < -0.4 is 0 Å². The van der Waals surface area contributed by atoms with E-state index in [4.69, 9.17) is 0 Å². The van der Waals surface area contributed by atoms with Crippen LogP contribution >= 0.6 is 0 Å². The van der Waals surface area contributed by atoms with Crippen molar-refractivity contribution >= 4 is 66.7 Å². The van der Waals surface area contributed by atoms with Crippen molar-refractivity contribution in [3.8, 4) is 0 Å². The molecule has 0 atom stereocenters. The Morgan fingerprint density at radius 3 is 1.24 bits per heavy atom. The summed E-state index contributed by atoms with van der Waals surface area (Å²) >= 11 is 0. The number of aliphatic hydroxyl groups excluding tert-OH is 1. The van der Waals surface area contributed by atoms with E-state index in [1.807, 2.05) is 48.5 Å². The molecule has 0 fully saturated rings. The molecule has 5 aromatic carbocycles. The minimum Gasteiger partial charge on any atom is -0.396 e. The van der Waals surface area contributed by atoms with E-state index in [1.165, 1.54) is 4.90 Å². The molecule has 2 aliphatic heterocycles. The lowest BCUT2D eigenvalue weighted by atomic mass is 9.77. The van der Waals surface area contributed by atoms with Crippen molar-refractivity contribution in [2.45, 2.75) is 136 Å². The number of rotatable bonds is 20. The van der Waals surface area contributed by atoms with Crippen LogP contribution in [-0.4, -0.2) is 57.7 Å². The van der Waals surface area contributed by atoms with E-state index in [1.54, 1.807) is 4.90 Å². The number of fused-ring (bicyclic) bond motifs is 2. The van der Waals surface area contributed by atoms with Gasteiger partial charge in [-0.05, 0) is 82.3 Å². The van der Waals surface area contributed by atoms with Gasteiger partial charge in [-0.15, -0.1) is 0 Å². The molecule has 0 saturated heterocycles. The van der Waals surface area contributed by atoms with Crippen LogP contribution in [0.4, 0.5) is 0 Å². The number of hydrogen-bond donors (Lipinski definition) is 1. The van der Waals surface area contributed by atoms with Crippen molar-refractivity contribution in [2.24, 2.45) is 5.41 Å². The Morgan fingerprint density at radius 1 is 0.491 bits per heavy atom. The first-order valence-corrected chi connectivity index (χ1v) is 21.3. The molecule has 5 aromatic rings. The number of nitrogens with zero attached hydrogens (tertiary/aromatic N) is 2. The Bertz CT molecular complexity index is 2110. The predicted molar refractivity (Wildman–Crippen MR) is 223 cm³/mol. The number of hydrogen-bond acceptors (Lipinski definition) is 5. The molecule has 7 rings (SSSR count). The molecule has 1 N–H and O–H groups in total. The molecule has 0 bridgehead atoms. The molecule has 2 heterocycles. The van der Waals surface area contributed by atoms with Crippen LogP contribution in [0.25, 0.3) is 43.1 Å². The fraction of sp³-hybridized carbons (Fsp3) is 0.500. The van der Waals surface area contributed by atoms with Gasteiger partial charge in [0, 0.05) is 51.0 Å². The highest BCUT2D eigenvalue weighted by molar-refractivity contribution is 6.41. The van der Waals surface area contributed by atoms with Crippen LogP contribution in [0, 0.1) is 5.41 Å². The first kappa shape index (κ1) is 38.9. The van der Waals surface area contributed by atoms with E-state index in [0.717, 1.165) is 135 Å². The number of imide groups is 2. The lowest BCUT2D eigenvalue weighted by Crippen LogP contribution is -2.48. The van der Waals surface area contributed by atoms with Crippen LogP contribution in [0.1, 0.15) is 172 Å².